The van der Waals surface area contributed by atoms with Gasteiger partial charge < -0.3 is 0 Å². The first-order valence-electron chi connectivity index (χ1n) is 4.80. The fraction of sp³-hybridized carbons (Fsp3) is 0.250. The number of aryl methyl sites for hydroxylation is 1. The lowest BCUT2D eigenvalue weighted by atomic mass is 10.1. The zero-order valence-corrected chi connectivity index (χ0v) is 7.88. The number of nitrogens with one attached hydrogen (secondary N) is 1. The molecule has 0 amide bonds. The van der Waals surface area contributed by atoms with Crippen LogP contribution in [0.5, 0.6) is 0 Å². The van der Waals surface area contributed by atoms with Crippen LogP contribution < -0.4 is 4.98 Å². The molecule has 1 nitrogen and oxygen atoms in total. The summed E-state index contributed by atoms with van der Waals surface area (Å²) < 4.78 is 0. The maximum absolute atomic E-state index is 3.31. The molecule has 0 unspecified atom stereocenters. The molecule has 0 aliphatic carbocycles. The third-order valence-corrected chi connectivity index (χ3v) is 2.31. The van der Waals surface area contributed by atoms with E-state index in [1.165, 1.54) is 22.9 Å². The molecule has 13 heavy (non-hydrogen) atoms. The first-order valence-corrected chi connectivity index (χ1v) is 4.80. The predicted molar refractivity (Wildman–Crippen MR) is 54.5 cm³/mol. The Morgan fingerprint density at radius 3 is 2.85 bits per heavy atom. The summed E-state index contributed by atoms with van der Waals surface area (Å²) in [4.78, 5) is 3.31. The third-order valence-electron chi connectivity index (χ3n) is 2.31. The number of aromatic nitrogens is 1. The van der Waals surface area contributed by atoms with Gasteiger partial charge in [0.05, 0.1) is 0 Å². The smallest absolute Gasteiger partial charge is 0.187 e. The van der Waals surface area contributed by atoms with Gasteiger partial charge in [-0.25, -0.2) is 4.98 Å². The molecule has 66 valence electrons. The molecule has 1 heterocycles. The summed E-state index contributed by atoms with van der Waals surface area (Å²) in [6.07, 6.45) is 4.33. The zero-order valence-electron chi connectivity index (χ0n) is 7.88. The van der Waals surface area contributed by atoms with Gasteiger partial charge in [0.15, 0.2) is 11.9 Å². The Morgan fingerprint density at radius 2 is 2.00 bits per heavy atom. The van der Waals surface area contributed by atoms with Crippen molar-refractivity contribution < 1.29 is 4.98 Å². The molecule has 0 aliphatic heterocycles. The lowest BCUT2D eigenvalue weighted by Gasteiger charge is -1.97. The van der Waals surface area contributed by atoms with Gasteiger partial charge in [0.1, 0.15) is 0 Å². The number of pyridine rings is 1. The first kappa shape index (κ1) is 8.24. The Kier molecular flexibility index (Phi) is 2.26. The van der Waals surface area contributed by atoms with E-state index in [4.69, 9.17) is 0 Å². The van der Waals surface area contributed by atoms with E-state index >= 15 is 0 Å². The molecule has 1 aromatic heterocycles. The summed E-state index contributed by atoms with van der Waals surface area (Å²) in [5.41, 5.74) is 1.35. The molecule has 2 rings (SSSR count). The van der Waals surface area contributed by atoms with Crippen LogP contribution in [0.4, 0.5) is 0 Å². The van der Waals surface area contributed by atoms with Crippen molar-refractivity contribution in [3.63, 3.8) is 0 Å². The average molecular weight is 172 g/mol. The molecule has 0 bridgehead atoms. The summed E-state index contributed by atoms with van der Waals surface area (Å²) >= 11 is 0. The summed E-state index contributed by atoms with van der Waals surface area (Å²) in [5, 5.41) is 2.68. The van der Waals surface area contributed by atoms with E-state index in [0.29, 0.717) is 0 Å². The van der Waals surface area contributed by atoms with Crippen LogP contribution in [0, 0.1) is 0 Å². The van der Waals surface area contributed by atoms with Crippen LogP contribution in [0.2, 0.25) is 0 Å². The molecule has 0 aliphatic rings. The molecule has 0 radical (unpaired) electrons. The highest BCUT2D eigenvalue weighted by Gasteiger charge is 2.04. The molecule has 0 spiro atoms. The Balaban J connectivity index is 2.61. The second-order valence-corrected chi connectivity index (χ2v) is 3.29. The van der Waals surface area contributed by atoms with Crippen LogP contribution >= 0.6 is 0 Å². The van der Waals surface area contributed by atoms with E-state index in [-0.39, 0.29) is 0 Å². The standard InChI is InChI=1S/C12H13N/c1-2-5-12-11-7-4-3-6-10(11)8-9-13-12/h3-4,6-9H,2,5H2,1H3/p+1. The SMILES string of the molecule is CCCc1[nH+]ccc2ccccc12. The average Bonchev–Trinajstić information content (AvgIpc) is 2.19. The quantitative estimate of drug-likeness (QED) is 0.661. The molecule has 0 atom stereocenters. The minimum atomic E-state index is 1.13. The van der Waals surface area contributed by atoms with Crippen molar-refractivity contribution in [2.24, 2.45) is 0 Å². The van der Waals surface area contributed by atoms with E-state index in [2.05, 4.69) is 42.2 Å². The summed E-state index contributed by atoms with van der Waals surface area (Å²) in [6, 6.07) is 10.6. The largest absolute Gasteiger partial charge is 0.215 e. The van der Waals surface area contributed by atoms with Crippen molar-refractivity contribution in [3.05, 3.63) is 42.2 Å². The number of hydrogen-bond acceptors (Lipinski definition) is 0. The molecule has 1 N–H and O–H groups in total. The highest BCUT2D eigenvalue weighted by Crippen LogP contribution is 2.14. The summed E-state index contributed by atoms with van der Waals surface area (Å²) in [5.74, 6) is 0. The fourth-order valence-electron chi connectivity index (χ4n) is 1.68. The number of benzene rings is 1. The monoisotopic (exact) mass is 172 g/mol. The molecule has 2 aromatic rings. The van der Waals surface area contributed by atoms with Gasteiger partial charge in [0.2, 0.25) is 0 Å². The lowest BCUT2D eigenvalue weighted by molar-refractivity contribution is -0.388. The van der Waals surface area contributed by atoms with Crippen molar-refractivity contribution in [2.75, 3.05) is 0 Å². The van der Waals surface area contributed by atoms with Gasteiger partial charge in [0, 0.05) is 17.9 Å². The Labute approximate surface area is 78.4 Å². The zero-order chi connectivity index (χ0) is 9.10. The molecule has 0 saturated carbocycles. The fourth-order valence-corrected chi connectivity index (χ4v) is 1.68. The Morgan fingerprint density at radius 1 is 1.15 bits per heavy atom. The number of rotatable bonds is 2. The molecule has 1 aromatic carbocycles. The first-order chi connectivity index (χ1) is 6.42. The molecule has 0 saturated heterocycles. The van der Waals surface area contributed by atoms with Gasteiger partial charge >= 0.3 is 0 Å². The van der Waals surface area contributed by atoms with Crippen molar-refractivity contribution >= 4 is 10.8 Å². The summed E-state index contributed by atoms with van der Waals surface area (Å²) in [6.45, 7) is 2.20. The number of H-pyrrole nitrogens is 1. The summed E-state index contributed by atoms with van der Waals surface area (Å²) in [7, 11) is 0. The lowest BCUT2D eigenvalue weighted by Crippen LogP contribution is -2.09. The Bertz CT molecular complexity index is 401. The van der Waals surface area contributed by atoms with E-state index in [1.54, 1.807) is 0 Å². The second-order valence-electron chi connectivity index (χ2n) is 3.29. The van der Waals surface area contributed by atoms with E-state index in [1.807, 2.05) is 6.20 Å². The second kappa shape index (κ2) is 3.56. The van der Waals surface area contributed by atoms with Gasteiger partial charge in [-0.2, -0.15) is 0 Å². The van der Waals surface area contributed by atoms with Gasteiger partial charge in [-0.1, -0.05) is 25.1 Å². The van der Waals surface area contributed by atoms with Crippen LogP contribution in [0.15, 0.2) is 36.5 Å². The molecule has 0 fully saturated rings. The normalized spacial score (nSPS) is 10.5. The Hall–Kier alpha value is -1.37. The third kappa shape index (κ3) is 1.55. The predicted octanol–water partition coefficient (Wildman–Crippen LogP) is 2.61. The van der Waals surface area contributed by atoms with Gasteiger partial charge in [0.25, 0.3) is 0 Å². The van der Waals surface area contributed by atoms with Crippen LogP contribution in [0.1, 0.15) is 19.0 Å². The molecule has 1 heteroatoms. The van der Waals surface area contributed by atoms with E-state index in [9.17, 15) is 0 Å². The molecular weight excluding hydrogens is 158 g/mol. The van der Waals surface area contributed by atoms with Crippen LogP contribution in [0.25, 0.3) is 10.8 Å². The van der Waals surface area contributed by atoms with Crippen molar-refractivity contribution in [2.45, 2.75) is 19.8 Å². The van der Waals surface area contributed by atoms with Crippen molar-refractivity contribution in [3.8, 4) is 0 Å². The van der Waals surface area contributed by atoms with Crippen molar-refractivity contribution in [1.82, 2.24) is 0 Å². The highest BCUT2D eigenvalue weighted by molar-refractivity contribution is 5.83. The van der Waals surface area contributed by atoms with Crippen LogP contribution in [0.3, 0.4) is 0 Å². The number of hydrogen-bond donors (Lipinski definition) is 0. The molecular formula is C12H14N+. The number of fused-ring (bicyclic) bond motifs is 1. The van der Waals surface area contributed by atoms with Gasteiger partial charge in [-0.05, 0) is 17.9 Å². The van der Waals surface area contributed by atoms with Crippen LogP contribution in [-0.2, 0) is 6.42 Å². The van der Waals surface area contributed by atoms with Crippen LogP contribution in [-0.4, -0.2) is 0 Å². The van der Waals surface area contributed by atoms with Gasteiger partial charge in [-0.15, -0.1) is 0 Å². The maximum Gasteiger partial charge on any atom is 0.187 e. The van der Waals surface area contributed by atoms with E-state index in [0.717, 1.165) is 6.42 Å². The minimum absolute atomic E-state index is 1.13. The van der Waals surface area contributed by atoms with Crippen molar-refractivity contribution in [1.29, 1.82) is 0 Å². The highest BCUT2D eigenvalue weighted by atomic mass is 14.7. The topological polar surface area (TPSA) is 14.1 Å². The minimum Gasteiger partial charge on any atom is -0.215 e. The maximum atomic E-state index is 3.31. The van der Waals surface area contributed by atoms with Gasteiger partial charge in [-0.3, -0.25) is 0 Å². The number of aromatic amines is 1. The van der Waals surface area contributed by atoms with E-state index < -0.39 is 0 Å².